The molecule has 0 atom stereocenters. The van der Waals surface area contributed by atoms with E-state index in [4.69, 9.17) is 41.4 Å². The molecular formula is C69H81N11O8S3. The summed E-state index contributed by atoms with van der Waals surface area (Å²) in [5.41, 5.74) is 10.6. The van der Waals surface area contributed by atoms with Crippen molar-refractivity contribution in [2.45, 2.75) is 114 Å². The molecule has 19 nitrogen and oxygen atoms in total. The Bertz CT molecular complexity index is 4620. The van der Waals surface area contributed by atoms with Crippen LogP contribution in [0.15, 0.2) is 116 Å². The van der Waals surface area contributed by atoms with Gasteiger partial charge in [-0.15, -0.1) is 0 Å². The van der Waals surface area contributed by atoms with Crippen molar-refractivity contribution in [3.05, 3.63) is 154 Å². The fourth-order valence-corrected chi connectivity index (χ4v) is 11.9. The van der Waals surface area contributed by atoms with E-state index in [2.05, 4.69) is 87.4 Å². The number of phenolic OH excluding ortho intramolecular Hbond substituents is 7. The second-order valence-electron chi connectivity index (χ2n) is 21.8. The van der Waals surface area contributed by atoms with Crippen LogP contribution in [0.5, 0.6) is 46.0 Å². The summed E-state index contributed by atoms with van der Waals surface area (Å²) in [6, 6.07) is 29.2. The summed E-state index contributed by atoms with van der Waals surface area (Å²) in [6.45, 7) is 27.0. The third kappa shape index (κ3) is 13.1. The van der Waals surface area contributed by atoms with Crippen molar-refractivity contribution < 1.29 is 40.5 Å². The number of H-pyrrole nitrogens is 2. The summed E-state index contributed by atoms with van der Waals surface area (Å²) in [5, 5.41) is 92.9. The van der Waals surface area contributed by atoms with Crippen LogP contribution in [0.4, 0.5) is 5.69 Å². The molecule has 22 heteroatoms. The highest BCUT2D eigenvalue weighted by Gasteiger charge is 2.25. The maximum absolute atomic E-state index is 10.6. The van der Waals surface area contributed by atoms with Gasteiger partial charge in [-0.25, -0.2) is 0 Å². The topological polar surface area (TPSA) is 248 Å². The molecule has 0 unspecified atom stereocenters. The van der Waals surface area contributed by atoms with Crippen LogP contribution in [0.2, 0.25) is 0 Å². The molecule has 478 valence electrons. The Balaban J connectivity index is 0.000000174. The van der Waals surface area contributed by atoms with Crippen molar-refractivity contribution >= 4 is 85.9 Å². The molecule has 11 aromatic rings. The number of aryl methyl sites for hydroxylation is 5. The molecule has 10 N–H and O–H groups in total. The van der Waals surface area contributed by atoms with E-state index in [0.29, 0.717) is 85.6 Å². The fourth-order valence-electron chi connectivity index (χ4n) is 11.2. The number of anilines is 1. The Morgan fingerprint density at radius 2 is 1.08 bits per heavy atom. The number of phenols is 7. The zero-order chi connectivity index (χ0) is 66.4. The summed E-state index contributed by atoms with van der Waals surface area (Å²) in [4.78, 5) is 1.80. The highest BCUT2D eigenvalue weighted by Crippen LogP contribution is 2.42. The second kappa shape index (κ2) is 28.5. The Morgan fingerprint density at radius 3 is 1.56 bits per heavy atom. The average Bonchev–Trinajstić information content (AvgIpc) is 1.65. The lowest BCUT2D eigenvalue weighted by molar-refractivity contribution is 0.342. The number of aromatic hydroxyl groups is 7. The maximum atomic E-state index is 10.6. The molecule has 0 saturated heterocycles. The number of rotatable bonds is 15. The van der Waals surface area contributed by atoms with Gasteiger partial charge < -0.3 is 59.5 Å². The number of thiocarbonyl (C=S) groups is 1. The van der Waals surface area contributed by atoms with E-state index in [0.717, 1.165) is 67.6 Å². The van der Waals surface area contributed by atoms with Gasteiger partial charge in [-0.05, 0) is 193 Å². The molecule has 0 aliphatic heterocycles. The smallest absolute Gasteiger partial charge is 0.200 e. The van der Waals surface area contributed by atoms with Crippen LogP contribution in [0.1, 0.15) is 116 Å². The second-order valence-corrected chi connectivity index (χ2v) is 23.0. The predicted octanol–water partition coefficient (Wildman–Crippen LogP) is 16.0. The standard InChI is InChI=1S/C23H26N4O3S.C23H27N3O2S.C21H22N4O3S.C2H6/c1-5-14-11-16(19(29)12-18(14)28)22-24-25-23(31)27(22)17-7-8-20(30-6-2)21-15(17)9-10-26(21)13(3)4;1-6-15-12-19(22(28)13-21(15)27)14(3)26(23(29)24-4)18-8-9-20-16(11-18)10-17(7-2)25(20)5;1-4-12-9-14(18(28)10-17(12)27)20-22-23-21(29)25(20)15-5-6-16(26)19-13(15)7-8-24(19)11(2)3;1-2/h7-13,28-29H,5-6H2,1-4H3,(H,25,31);8-13,27-28H,3,6-7H2,1-2,4-5H3,(H,24,29);5-11,26-28H,4H2,1-3H3,(H,23,29);1-2H3. The molecule has 11 rings (SSSR count). The average molecular weight is 1290 g/mol. The third-order valence-electron chi connectivity index (χ3n) is 15.8. The van der Waals surface area contributed by atoms with Gasteiger partial charge in [0.25, 0.3) is 0 Å². The number of nitrogens with one attached hydrogen (secondary N) is 3. The molecule has 0 amide bonds. The number of aromatic amines is 2. The van der Waals surface area contributed by atoms with Crippen LogP contribution in [0, 0.1) is 9.54 Å². The number of hydrogen-bond donors (Lipinski definition) is 10. The Hall–Kier alpha value is -9.51. The van der Waals surface area contributed by atoms with Gasteiger partial charge in [0.1, 0.15) is 46.0 Å². The largest absolute Gasteiger partial charge is 0.508 e. The zero-order valence-electron chi connectivity index (χ0n) is 53.6. The van der Waals surface area contributed by atoms with E-state index in [1.165, 1.54) is 23.9 Å². The minimum absolute atomic E-state index is 0.0375. The van der Waals surface area contributed by atoms with Gasteiger partial charge in [0.2, 0.25) is 0 Å². The van der Waals surface area contributed by atoms with Crippen molar-refractivity contribution in [3.8, 4) is 80.1 Å². The molecule has 0 saturated carbocycles. The Morgan fingerprint density at radius 1 is 0.593 bits per heavy atom. The number of nitrogens with zero attached hydrogens (tertiary/aromatic N) is 8. The number of benzene rings is 6. The monoisotopic (exact) mass is 1290 g/mol. The predicted molar refractivity (Wildman–Crippen MR) is 374 cm³/mol. The molecule has 0 spiro atoms. The minimum Gasteiger partial charge on any atom is -0.508 e. The molecule has 6 aromatic carbocycles. The summed E-state index contributed by atoms with van der Waals surface area (Å²) < 4.78 is 16.5. The van der Waals surface area contributed by atoms with E-state index >= 15 is 0 Å². The summed E-state index contributed by atoms with van der Waals surface area (Å²) in [6.07, 6.45) is 6.78. The van der Waals surface area contributed by atoms with Gasteiger partial charge >= 0.3 is 0 Å². The molecule has 5 aromatic heterocycles. The van der Waals surface area contributed by atoms with Gasteiger partial charge in [-0.3, -0.25) is 24.2 Å². The SMILES string of the molecule is C=C(c1cc(CC)c(O)cc1O)N(C(=S)NC)c1ccc2c(c1)cc(CC)n2C.CC.CCOc1ccc(-n2c(-c3cc(CC)c(O)cc3O)n[nH]c2=S)c2ccn(C(C)C)c12.CCc1cc(-c2n[nH]c(=S)n2-c2ccc(O)c3c2ccn3C(C)C)c(O)cc1O. The molecule has 0 bridgehead atoms. The first-order valence-electron chi connectivity index (χ1n) is 30.4. The highest BCUT2D eigenvalue weighted by molar-refractivity contribution is 7.80. The van der Waals surface area contributed by atoms with E-state index in [1.54, 1.807) is 46.8 Å². The Kier molecular flexibility index (Phi) is 21.1. The van der Waals surface area contributed by atoms with Gasteiger partial charge in [0.15, 0.2) is 26.3 Å². The number of hydrogen-bond acceptors (Lipinski definition) is 13. The maximum Gasteiger partial charge on any atom is 0.200 e. The van der Waals surface area contributed by atoms with Gasteiger partial charge in [0.05, 0.1) is 45.8 Å². The van der Waals surface area contributed by atoms with Crippen LogP contribution < -0.4 is 15.0 Å². The molecule has 91 heavy (non-hydrogen) atoms. The van der Waals surface area contributed by atoms with E-state index in [1.807, 2.05) is 107 Å². The van der Waals surface area contributed by atoms with Gasteiger partial charge in [0, 0.05) is 95.4 Å². The molecular weight excluding hydrogens is 1210 g/mol. The van der Waals surface area contributed by atoms with Crippen molar-refractivity contribution in [2.24, 2.45) is 7.05 Å². The van der Waals surface area contributed by atoms with Crippen LogP contribution in [0.25, 0.3) is 72.6 Å². The normalized spacial score (nSPS) is 11.2. The summed E-state index contributed by atoms with van der Waals surface area (Å²) in [5.74, 6) is 1.85. The molecule has 5 heterocycles. The van der Waals surface area contributed by atoms with Crippen LogP contribution in [-0.4, -0.2) is 97.7 Å². The van der Waals surface area contributed by atoms with Crippen LogP contribution in [0.3, 0.4) is 0 Å². The Labute approximate surface area is 545 Å². The lowest BCUT2D eigenvalue weighted by atomic mass is 10.0. The van der Waals surface area contributed by atoms with Crippen molar-refractivity contribution in [1.82, 2.24) is 48.5 Å². The van der Waals surface area contributed by atoms with Crippen molar-refractivity contribution in [2.75, 3.05) is 18.6 Å². The summed E-state index contributed by atoms with van der Waals surface area (Å²) >= 11 is 16.6. The van der Waals surface area contributed by atoms with Gasteiger partial charge in [-0.2, -0.15) is 10.2 Å². The van der Waals surface area contributed by atoms with Crippen LogP contribution in [-0.2, 0) is 32.7 Å². The first-order valence-corrected chi connectivity index (χ1v) is 31.6. The number of fused-ring (bicyclic) bond motifs is 3. The zero-order valence-corrected chi connectivity index (χ0v) is 56.1. The van der Waals surface area contributed by atoms with Crippen molar-refractivity contribution in [3.63, 3.8) is 0 Å². The van der Waals surface area contributed by atoms with E-state index < -0.39 is 0 Å². The number of aromatic nitrogens is 9. The quantitative estimate of drug-likeness (QED) is 0.0429. The van der Waals surface area contributed by atoms with Crippen LogP contribution >= 0.6 is 36.7 Å². The highest BCUT2D eigenvalue weighted by atomic mass is 32.1. The molecule has 0 fully saturated rings. The first-order chi connectivity index (χ1) is 43.5. The number of ether oxygens (including phenoxy) is 1. The lowest BCUT2D eigenvalue weighted by Gasteiger charge is -2.28. The van der Waals surface area contributed by atoms with Crippen molar-refractivity contribution in [1.29, 1.82) is 0 Å². The van der Waals surface area contributed by atoms with E-state index in [9.17, 15) is 35.7 Å². The lowest BCUT2D eigenvalue weighted by Crippen LogP contribution is -2.36. The summed E-state index contributed by atoms with van der Waals surface area (Å²) in [7, 11) is 3.82. The first kappa shape index (κ1) is 67.4. The van der Waals surface area contributed by atoms with Gasteiger partial charge in [-0.1, -0.05) is 48.1 Å². The molecule has 0 aliphatic carbocycles. The fraction of sp³-hybridized carbons (Fsp3) is 0.290. The minimum atomic E-state index is -0.0928. The molecule has 0 radical (unpaired) electrons. The third-order valence-corrected chi connectivity index (χ3v) is 16.8. The van der Waals surface area contributed by atoms with E-state index in [-0.39, 0.29) is 52.3 Å². The molecule has 0 aliphatic rings.